The largest absolute Gasteiger partial charge is 0.493 e. The molecule has 3 rings (SSSR count). The van der Waals surface area contributed by atoms with Crippen LogP contribution in [0.5, 0.6) is 5.75 Å². The van der Waals surface area contributed by atoms with E-state index < -0.39 is 0 Å². The van der Waals surface area contributed by atoms with Crippen molar-refractivity contribution < 1.29 is 4.74 Å². The van der Waals surface area contributed by atoms with Crippen molar-refractivity contribution in [1.29, 1.82) is 0 Å². The van der Waals surface area contributed by atoms with Gasteiger partial charge in [-0.1, -0.05) is 31.0 Å². The third kappa shape index (κ3) is 3.42. The van der Waals surface area contributed by atoms with Gasteiger partial charge in [0.15, 0.2) is 0 Å². The summed E-state index contributed by atoms with van der Waals surface area (Å²) in [5, 5.41) is 3.76. The number of para-hydroxylation sites is 1. The van der Waals surface area contributed by atoms with Gasteiger partial charge in [-0.3, -0.25) is 0 Å². The van der Waals surface area contributed by atoms with Gasteiger partial charge < -0.3 is 10.1 Å². The molecule has 1 fully saturated rings. The summed E-state index contributed by atoms with van der Waals surface area (Å²) in [6.45, 7) is 8.82. The van der Waals surface area contributed by atoms with Gasteiger partial charge in [0, 0.05) is 23.6 Å². The molecule has 1 saturated carbocycles. The predicted molar refractivity (Wildman–Crippen MR) is 88.0 cm³/mol. The number of hydrogen-bond acceptors (Lipinski definition) is 2. The van der Waals surface area contributed by atoms with E-state index in [4.69, 9.17) is 4.74 Å². The SMILES string of the molecule is CC(C)(C)NCC1(CC2COc3ccccc32)CCCC1. The second kappa shape index (κ2) is 5.64. The number of rotatable bonds is 4. The summed E-state index contributed by atoms with van der Waals surface area (Å²) in [4.78, 5) is 0. The average Bonchev–Trinajstić information content (AvgIpc) is 3.05. The molecule has 0 amide bonds. The highest BCUT2D eigenvalue weighted by atomic mass is 16.5. The smallest absolute Gasteiger partial charge is 0.122 e. The zero-order chi connectivity index (χ0) is 14.9. The first-order chi connectivity index (χ1) is 9.98. The highest BCUT2D eigenvalue weighted by Crippen LogP contribution is 2.48. The van der Waals surface area contributed by atoms with Crippen LogP contribution in [-0.2, 0) is 0 Å². The van der Waals surface area contributed by atoms with Crippen LogP contribution in [-0.4, -0.2) is 18.7 Å². The maximum absolute atomic E-state index is 5.89. The van der Waals surface area contributed by atoms with Crippen molar-refractivity contribution in [2.45, 2.75) is 64.3 Å². The molecule has 1 N–H and O–H groups in total. The lowest BCUT2D eigenvalue weighted by atomic mass is 9.76. The first-order valence-electron chi connectivity index (χ1n) is 8.44. The van der Waals surface area contributed by atoms with Crippen LogP contribution in [0.15, 0.2) is 24.3 Å². The molecule has 21 heavy (non-hydrogen) atoms. The molecule has 1 aliphatic heterocycles. The first-order valence-corrected chi connectivity index (χ1v) is 8.44. The Kier molecular flexibility index (Phi) is 4.00. The van der Waals surface area contributed by atoms with E-state index in [1.165, 1.54) is 37.7 Å². The van der Waals surface area contributed by atoms with E-state index in [0.717, 1.165) is 18.9 Å². The van der Waals surface area contributed by atoms with E-state index in [1.807, 2.05) is 0 Å². The molecule has 0 aromatic heterocycles. The summed E-state index contributed by atoms with van der Waals surface area (Å²) in [5.74, 6) is 1.69. The van der Waals surface area contributed by atoms with E-state index in [9.17, 15) is 0 Å². The minimum Gasteiger partial charge on any atom is -0.493 e. The van der Waals surface area contributed by atoms with Gasteiger partial charge in [-0.05, 0) is 51.5 Å². The molecule has 0 spiro atoms. The van der Waals surface area contributed by atoms with Gasteiger partial charge in [-0.2, -0.15) is 0 Å². The van der Waals surface area contributed by atoms with E-state index in [1.54, 1.807) is 0 Å². The Morgan fingerprint density at radius 1 is 1.19 bits per heavy atom. The molecular weight excluding hydrogens is 258 g/mol. The Morgan fingerprint density at radius 2 is 1.90 bits per heavy atom. The number of hydrogen-bond donors (Lipinski definition) is 1. The molecule has 2 nitrogen and oxygen atoms in total. The molecule has 1 aromatic carbocycles. The van der Waals surface area contributed by atoms with Gasteiger partial charge in [-0.15, -0.1) is 0 Å². The highest BCUT2D eigenvalue weighted by molar-refractivity contribution is 5.39. The Bertz CT molecular complexity index is 483. The number of nitrogens with one attached hydrogen (secondary N) is 1. The minimum atomic E-state index is 0.208. The van der Waals surface area contributed by atoms with Crippen LogP contribution in [0.3, 0.4) is 0 Å². The summed E-state index contributed by atoms with van der Waals surface area (Å²) < 4.78 is 5.89. The molecule has 1 aromatic rings. The monoisotopic (exact) mass is 287 g/mol. The van der Waals surface area contributed by atoms with Crippen molar-refractivity contribution in [2.24, 2.45) is 5.41 Å². The summed E-state index contributed by atoms with van der Waals surface area (Å²) in [5.41, 5.74) is 2.11. The summed E-state index contributed by atoms with van der Waals surface area (Å²) in [6.07, 6.45) is 6.79. The van der Waals surface area contributed by atoms with Crippen molar-refractivity contribution in [1.82, 2.24) is 5.32 Å². The fraction of sp³-hybridized carbons (Fsp3) is 0.684. The zero-order valence-corrected chi connectivity index (χ0v) is 13.7. The molecule has 1 aliphatic carbocycles. The molecule has 1 atom stereocenters. The molecule has 2 heteroatoms. The van der Waals surface area contributed by atoms with E-state index in [2.05, 4.69) is 50.4 Å². The summed E-state index contributed by atoms with van der Waals surface area (Å²) >= 11 is 0. The van der Waals surface area contributed by atoms with Crippen LogP contribution >= 0.6 is 0 Å². The highest BCUT2D eigenvalue weighted by Gasteiger charge is 2.39. The van der Waals surface area contributed by atoms with Crippen molar-refractivity contribution >= 4 is 0 Å². The second-order valence-corrected chi connectivity index (χ2v) is 8.06. The lowest BCUT2D eigenvalue weighted by molar-refractivity contribution is 0.198. The fourth-order valence-electron chi connectivity index (χ4n) is 3.95. The lowest BCUT2D eigenvalue weighted by Gasteiger charge is -2.35. The molecule has 0 bridgehead atoms. The van der Waals surface area contributed by atoms with Gasteiger partial charge in [0.2, 0.25) is 0 Å². The van der Waals surface area contributed by atoms with Crippen LogP contribution in [0.25, 0.3) is 0 Å². The maximum Gasteiger partial charge on any atom is 0.122 e. The third-order valence-electron chi connectivity index (χ3n) is 5.14. The van der Waals surface area contributed by atoms with Crippen LogP contribution < -0.4 is 10.1 Å². The minimum absolute atomic E-state index is 0.208. The Balaban J connectivity index is 1.71. The summed E-state index contributed by atoms with van der Waals surface area (Å²) in [6, 6.07) is 8.60. The molecule has 1 heterocycles. The van der Waals surface area contributed by atoms with E-state index >= 15 is 0 Å². The fourth-order valence-corrected chi connectivity index (χ4v) is 3.95. The first kappa shape index (κ1) is 14.9. The topological polar surface area (TPSA) is 21.3 Å². The normalized spacial score (nSPS) is 23.9. The summed E-state index contributed by atoms with van der Waals surface area (Å²) in [7, 11) is 0. The molecule has 116 valence electrons. The third-order valence-corrected chi connectivity index (χ3v) is 5.14. The quantitative estimate of drug-likeness (QED) is 0.880. The lowest BCUT2D eigenvalue weighted by Crippen LogP contribution is -2.43. The van der Waals surface area contributed by atoms with Crippen LogP contribution in [0.4, 0.5) is 0 Å². The van der Waals surface area contributed by atoms with Gasteiger partial charge in [-0.25, -0.2) is 0 Å². The van der Waals surface area contributed by atoms with Gasteiger partial charge >= 0.3 is 0 Å². The van der Waals surface area contributed by atoms with Crippen LogP contribution in [0, 0.1) is 5.41 Å². The molecular formula is C19H29NO. The number of fused-ring (bicyclic) bond motifs is 1. The van der Waals surface area contributed by atoms with Gasteiger partial charge in [0.1, 0.15) is 5.75 Å². The maximum atomic E-state index is 5.89. The van der Waals surface area contributed by atoms with Crippen molar-refractivity contribution in [3.63, 3.8) is 0 Å². The van der Waals surface area contributed by atoms with Gasteiger partial charge in [0.25, 0.3) is 0 Å². The van der Waals surface area contributed by atoms with Crippen LogP contribution in [0.1, 0.15) is 64.4 Å². The second-order valence-electron chi connectivity index (χ2n) is 8.06. The Hall–Kier alpha value is -1.02. The zero-order valence-electron chi connectivity index (χ0n) is 13.7. The number of ether oxygens (including phenoxy) is 1. The molecule has 2 aliphatic rings. The molecule has 0 saturated heterocycles. The average molecular weight is 287 g/mol. The van der Waals surface area contributed by atoms with Crippen molar-refractivity contribution in [3.05, 3.63) is 29.8 Å². The molecule has 0 radical (unpaired) electrons. The van der Waals surface area contributed by atoms with Crippen molar-refractivity contribution in [2.75, 3.05) is 13.2 Å². The van der Waals surface area contributed by atoms with Crippen molar-refractivity contribution in [3.8, 4) is 5.75 Å². The van der Waals surface area contributed by atoms with Crippen LogP contribution in [0.2, 0.25) is 0 Å². The predicted octanol–water partition coefficient (Wildman–Crippen LogP) is 4.50. The number of benzene rings is 1. The van der Waals surface area contributed by atoms with E-state index in [-0.39, 0.29) is 5.54 Å². The van der Waals surface area contributed by atoms with E-state index in [0.29, 0.717) is 11.3 Å². The molecule has 1 unspecified atom stereocenters. The Labute approximate surface area is 129 Å². The Morgan fingerprint density at radius 3 is 2.62 bits per heavy atom. The standard InChI is InChI=1S/C19H29NO/c1-18(2,3)20-14-19(10-6-7-11-19)12-15-13-21-17-9-5-4-8-16(15)17/h4-5,8-9,15,20H,6-7,10-14H2,1-3H3. The van der Waals surface area contributed by atoms with Gasteiger partial charge in [0.05, 0.1) is 6.61 Å².